The Hall–Kier alpha value is -3.51. The van der Waals surface area contributed by atoms with Gasteiger partial charge in [-0.2, -0.15) is 0 Å². The van der Waals surface area contributed by atoms with Crippen LogP contribution in [0, 0.1) is 20.2 Å². The quantitative estimate of drug-likeness (QED) is 0.121. The second kappa shape index (κ2) is 14.4. The molecular weight excluding hydrogens is 582 g/mol. The first-order valence-electron chi connectivity index (χ1n) is 12.4. The molecule has 0 bridgehead atoms. The number of rotatable bonds is 16. The Balaban J connectivity index is 2.00. The lowest BCUT2D eigenvalue weighted by atomic mass is 10.2. The lowest BCUT2D eigenvalue weighted by Crippen LogP contribution is -2.38. The Morgan fingerprint density at radius 2 is 1.20 bits per heavy atom. The molecule has 0 heterocycles. The maximum absolute atomic E-state index is 12.6. The van der Waals surface area contributed by atoms with Crippen LogP contribution in [0.25, 0.3) is 0 Å². The summed E-state index contributed by atoms with van der Waals surface area (Å²) in [6.07, 6.45) is 0.426. The van der Waals surface area contributed by atoms with Crippen molar-refractivity contribution in [3.05, 3.63) is 68.8 Å². The maximum Gasteiger partial charge on any atom is 0.320 e. The van der Waals surface area contributed by atoms with Crippen molar-refractivity contribution in [3.63, 3.8) is 0 Å². The van der Waals surface area contributed by atoms with Gasteiger partial charge in [0.2, 0.25) is 20.0 Å². The van der Waals surface area contributed by atoms with Crippen LogP contribution in [0.4, 0.5) is 11.4 Å². The zero-order chi connectivity index (χ0) is 30.8. The third-order valence-electron chi connectivity index (χ3n) is 5.36. The molecule has 0 atom stereocenters. The number of esters is 1. The normalized spacial score (nSPS) is 12.3. The van der Waals surface area contributed by atoms with Crippen molar-refractivity contribution in [2.24, 2.45) is 0 Å². The summed E-state index contributed by atoms with van der Waals surface area (Å²) in [6, 6.07) is 9.87. The molecule has 2 aromatic rings. The molecule has 0 aromatic heterocycles. The van der Waals surface area contributed by atoms with E-state index in [9.17, 15) is 41.9 Å². The van der Waals surface area contributed by atoms with E-state index in [1.54, 1.807) is 25.7 Å². The molecule has 2 N–H and O–H groups in total. The Morgan fingerprint density at radius 3 is 1.56 bits per heavy atom. The Kier molecular flexibility index (Phi) is 11.8. The van der Waals surface area contributed by atoms with Crippen LogP contribution in [-0.2, 0) is 29.6 Å². The van der Waals surface area contributed by atoms with E-state index in [-0.39, 0.29) is 45.6 Å². The van der Waals surface area contributed by atoms with Crippen LogP contribution in [0.1, 0.15) is 33.6 Å². The van der Waals surface area contributed by atoms with Gasteiger partial charge in [0.25, 0.3) is 11.4 Å². The van der Waals surface area contributed by atoms with Gasteiger partial charge < -0.3 is 4.74 Å². The highest BCUT2D eigenvalue weighted by Gasteiger charge is 2.26. The lowest BCUT2D eigenvalue weighted by Gasteiger charge is -2.25. The van der Waals surface area contributed by atoms with E-state index < -0.39 is 62.6 Å². The molecule has 226 valence electrons. The second-order valence-electron chi connectivity index (χ2n) is 9.81. The summed E-state index contributed by atoms with van der Waals surface area (Å²) < 4.78 is 60.4. The van der Waals surface area contributed by atoms with Gasteiger partial charge in [-0.3, -0.25) is 29.9 Å². The summed E-state index contributed by atoms with van der Waals surface area (Å²) in [6.45, 7) is 5.15. The highest BCUT2D eigenvalue weighted by molar-refractivity contribution is 7.90. The summed E-state index contributed by atoms with van der Waals surface area (Å²) in [5.74, 6) is -0.543. The van der Waals surface area contributed by atoms with E-state index in [4.69, 9.17) is 4.74 Å². The van der Waals surface area contributed by atoms with Gasteiger partial charge in [-0.25, -0.2) is 26.3 Å². The van der Waals surface area contributed by atoms with E-state index in [1.165, 1.54) is 24.3 Å². The predicted molar refractivity (Wildman–Crippen MR) is 148 cm³/mol. The molecule has 0 fully saturated rings. The number of nitrogens with one attached hydrogen (secondary N) is 2. The van der Waals surface area contributed by atoms with Gasteiger partial charge in [0.15, 0.2) is 9.79 Å². The number of carbonyl (C=O) groups excluding carboxylic acids is 1. The largest absolute Gasteiger partial charge is 0.459 e. The highest BCUT2D eigenvalue weighted by atomic mass is 32.2. The zero-order valence-electron chi connectivity index (χ0n) is 22.8. The first kappa shape index (κ1) is 33.7. The number of carbonyl (C=O) groups is 1. The number of sulfonamides is 2. The lowest BCUT2D eigenvalue weighted by molar-refractivity contribution is -0.388. The molecule has 15 nitrogen and oxygen atoms in total. The fourth-order valence-electron chi connectivity index (χ4n) is 3.67. The first-order valence-corrected chi connectivity index (χ1v) is 15.4. The van der Waals surface area contributed by atoms with Gasteiger partial charge in [0.05, 0.1) is 16.4 Å². The molecule has 0 saturated heterocycles. The Labute approximate surface area is 238 Å². The van der Waals surface area contributed by atoms with Crippen LogP contribution in [0.5, 0.6) is 0 Å². The van der Waals surface area contributed by atoms with E-state index in [2.05, 4.69) is 9.44 Å². The van der Waals surface area contributed by atoms with Gasteiger partial charge in [0.1, 0.15) is 5.60 Å². The van der Waals surface area contributed by atoms with Crippen LogP contribution in [-0.4, -0.2) is 75.9 Å². The van der Waals surface area contributed by atoms with Crippen molar-refractivity contribution in [2.75, 3.05) is 32.7 Å². The molecule has 0 aliphatic carbocycles. The SMILES string of the molecule is CC(C)(C)OC(=O)CN(CCCNS(=O)(=O)c1ccccc1[N+](=O)[O-])CCCNS(=O)(=O)c1ccccc1[N+](=O)[O-]. The van der Waals surface area contributed by atoms with Crippen LogP contribution >= 0.6 is 0 Å². The van der Waals surface area contributed by atoms with Crippen molar-refractivity contribution >= 4 is 37.4 Å². The van der Waals surface area contributed by atoms with Crippen molar-refractivity contribution in [2.45, 2.75) is 49.0 Å². The number of hydrogen-bond donors (Lipinski definition) is 2. The number of hydrogen-bond acceptors (Lipinski definition) is 11. The van der Waals surface area contributed by atoms with Crippen molar-refractivity contribution in [3.8, 4) is 0 Å². The van der Waals surface area contributed by atoms with Crippen molar-refractivity contribution < 1.29 is 36.2 Å². The first-order chi connectivity index (χ1) is 19.0. The Bertz CT molecular complexity index is 1360. The summed E-state index contributed by atoms with van der Waals surface area (Å²) >= 11 is 0. The van der Waals surface area contributed by atoms with Crippen LogP contribution in [0.3, 0.4) is 0 Å². The van der Waals surface area contributed by atoms with Gasteiger partial charge in [-0.15, -0.1) is 0 Å². The molecule has 0 unspecified atom stereocenters. The number of nitro benzene ring substituents is 2. The number of benzene rings is 2. The smallest absolute Gasteiger partial charge is 0.320 e. The fourth-order valence-corrected chi connectivity index (χ4v) is 6.16. The molecular formula is C24H33N5O10S2. The average molecular weight is 616 g/mol. The van der Waals surface area contributed by atoms with Crippen molar-refractivity contribution in [1.82, 2.24) is 14.3 Å². The van der Waals surface area contributed by atoms with E-state index in [1.807, 2.05) is 0 Å². The molecule has 0 spiro atoms. The molecule has 41 heavy (non-hydrogen) atoms. The molecule has 0 saturated carbocycles. The zero-order valence-corrected chi connectivity index (χ0v) is 24.4. The Morgan fingerprint density at radius 1 is 0.805 bits per heavy atom. The standard InChI is InChI=1S/C24H33N5O10S2/c1-24(2,3)39-23(30)18-27(16-8-14-25-40(35,36)21-12-6-4-10-19(21)28(31)32)17-9-15-26-41(37,38)22-13-7-5-11-20(22)29(33)34/h4-7,10-13,25-26H,8-9,14-18H2,1-3H3. The molecule has 2 aromatic carbocycles. The third kappa shape index (κ3) is 10.8. The molecule has 0 radical (unpaired) electrons. The van der Waals surface area contributed by atoms with Crippen LogP contribution in [0.15, 0.2) is 58.3 Å². The molecule has 17 heteroatoms. The summed E-state index contributed by atoms with van der Waals surface area (Å²) in [5, 5.41) is 22.4. The highest BCUT2D eigenvalue weighted by Crippen LogP contribution is 2.23. The maximum atomic E-state index is 12.6. The monoisotopic (exact) mass is 615 g/mol. The van der Waals surface area contributed by atoms with E-state index >= 15 is 0 Å². The van der Waals surface area contributed by atoms with Crippen LogP contribution in [0.2, 0.25) is 0 Å². The van der Waals surface area contributed by atoms with Gasteiger partial charge >= 0.3 is 5.97 Å². The fraction of sp³-hybridized carbons (Fsp3) is 0.458. The predicted octanol–water partition coefficient (Wildman–Crippen LogP) is 2.18. The minimum absolute atomic E-state index is 0.0937. The minimum atomic E-state index is -4.18. The molecule has 0 aliphatic rings. The van der Waals surface area contributed by atoms with Gasteiger partial charge in [0, 0.05) is 25.2 Å². The second-order valence-corrected chi connectivity index (χ2v) is 13.3. The van der Waals surface area contributed by atoms with Crippen LogP contribution < -0.4 is 9.44 Å². The van der Waals surface area contributed by atoms with Gasteiger partial charge in [-0.1, -0.05) is 24.3 Å². The number of para-hydroxylation sites is 2. The third-order valence-corrected chi connectivity index (χ3v) is 8.38. The van der Waals surface area contributed by atoms with Crippen molar-refractivity contribution in [1.29, 1.82) is 0 Å². The molecule has 0 amide bonds. The number of nitrogens with zero attached hydrogens (tertiary/aromatic N) is 3. The summed E-state index contributed by atoms with van der Waals surface area (Å²) in [4.78, 5) is 33.9. The van der Waals surface area contributed by atoms with E-state index in [0.717, 1.165) is 24.3 Å². The minimum Gasteiger partial charge on any atom is -0.459 e. The molecule has 0 aliphatic heterocycles. The summed E-state index contributed by atoms with van der Waals surface area (Å²) in [7, 11) is -8.36. The average Bonchev–Trinajstić information content (AvgIpc) is 2.87. The summed E-state index contributed by atoms with van der Waals surface area (Å²) in [5.41, 5.74) is -1.87. The van der Waals surface area contributed by atoms with E-state index in [0.29, 0.717) is 0 Å². The topological polar surface area (TPSA) is 208 Å². The van der Waals surface area contributed by atoms with Gasteiger partial charge in [-0.05, 0) is 58.8 Å². The number of nitro groups is 2. The number of ether oxygens (including phenoxy) is 1. The molecule has 2 rings (SSSR count).